The van der Waals surface area contributed by atoms with Crippen LogP contribution in [-0.2, 0) is 29.2 Å². The second kappa shape index (κ2) is 19.1. The fourth-order valence-electron chi connectivity index (χ4n) is 6.30. The van der Waals surface area contributed by atoms with E-state index in [0.29, 0.717) is 35.5 Å². The van der Waals surface area contributed by atoms with E-state index in [4.69, 9.17) is 9.84 Å². The van der Waals surface area contributed by atoms with Gasteiger partial charge in [-0.25, -0.2) is 13.1 Å². The number of hydrogen-bond donors (Lipinski definition) is 5. The van der Waals surface area contributed by atoms with Gasteiger partial charge in [0.2, 0.25) is 21.8 Å². The van der Waals surface area contributed by atoms with E-state index in [9.17, 15) is 27.6 Å². The molecule has 1 heterocycles. The molecule has 3 atom stereocenters. The van der Waals surface area contributed by atoms with Crippen LogP contribution in [0.25, 0.3) is 0 Å². The SMILES string of the molecule is CCCCC1(CCCC)CN(c2ccccc2)c2cc(SC)c(OCC(=O)N[C@@H](C(=O)N[C@@H](C)C(=O)N[C@@H](C)C(=O)O)c3ccccc3)cc2S(=O)(=O)N1. The summed E-state index contributed by atoms with van der Waals surface area (Å²) in [6.07, 6.45) is 6.70. The van der Waals surface area contributed by atoms with Crippen molar-refractivity contribution in [1.82, 2.24) is 20.7 Å². The van der Waals surface area contributed by atoms with Gasteiger partial charge in [-0.05, 0) is 56.7 Å². The number of carbonyl (C=O) groups excluding carboxylic acids is 3. The van der Waals surface area contributed by atoms with Gasteiger partial charge in [0.05, 0.1) is 16.1 Å². The largest absolute Gasteiger partial charge is 0.483 e. The van der Waals surface area contributed by atoms with Crippen LogP contribution in [0, 0.1) is 0 Å². The van der Waals surface area contributed by atoms with E-state index in [-0.39, 0.29) is 10.6 Å². The molecular weight excluding hydrogens is 731 g/mol. The van der Waals surface area contributed by atoms with E-state index in [1.807, 2.05) is 36.6 Å². The minimum absolute atomic E-state index is 0.0282. The molecule has 1 aliphatic rings. The van der Waals surface area contributed by atoms with Crippen LogP contribution < -0.4 is 30.3 Å². The van der Waals surface area contributed by atoms with Gasteiger partial charge in [0.1, 0.15) is 28.8 Å². The standard InChI is InChI=1S/C39H51N5O8S2/c1-6-8-20-39(21-9-7-2)25-44(29-18-14-11-15-19-29)30-22-32(53-5)31(23-33(30)54(50,51)43-39)52-24-34(45)42-35(28-16-12-10-13-17-28)37(47)40-26(3)36(46)41-27(4)38(48)49/h10-19,22-23,26-27,35,43H,6-9,20-21,24-25H2,1-5H3,(H,40,47)(H,41,46)(H,42,45)(H,48,49)/t26-,27-,35+/m0/s1. The van der Waals surface area contributed by atoms with Crippen LogP contribution in [0.3, 0.4) is 0 Å². The topological polar surface area (TPSA) is 183 Å². The molecule has 13 nitrogen and oxygen atoms in total. The Bertz CT molecular complexity index is 1870. The van der Waals surface area contributed by atoms with Crippen LogP contribution >= 0.6 is 11.8 Å². The normalized spacial score (nSPS) is 16.1. The molecule has 1 aliphatic heterocycles. The van der Waals surface area contributed by atoms with Crippen molar-refractivity contribution in [2.24, 2.45) is 0 Å². The van der Waals surface area contributed by atoms with Crippen molar-refractivity contribution in [2.45, 2.75) is 99.7 Å². The van der Waals surface area contributed by atoms with Crippen LogP contribution in [0.2, 0.25) is 0 Å². The van der Waals surface area contributed by atoms with Gasteiger partial charge in [-0.1, -0.05) is 88.1 Å². The van der Waals surface area contributed by atoms with Crippen LogP contribution in [0.4, 0.5) is 11.4 Å². The molecule has 54 heavy (non-hydrogen) atoms. The summed E-state index contributed by atoms with van der Waals surface area (Å²) in [4.78, 5) is 53.3. The molecule has 292 valence electrons. The van der Waals surface area contributed by atoms with Crippen LogP contribution in [0.1, 0.15) is 77.8 Å². The molecular formula is C39H51N5O8S2. The number of nitrogens with one attached hydrogen (secondary N) is 4. The average Bonchev–Trinajstić information content (AvgIpc) is 3.25. The fourth-order valence-corrected chi connectivity index (χ4v) is 8.50. The van der Waals surface area contributed by atoms with Crippen molar-refractivity contribution >= 4 is 56.9 Å². The van der Waals surface area contributed by atoms with Gasteiger partial charge in [0.15, 0.2) is 6.61 Å². The number of anilines is 2. The molecule has 0 aromatic heterocycles. The van der Waals surface area contributed by atoms with Crippen molar-refractivity contribution in [1.29, 1.82) is 0 Å². The minimum Gasteiger partial charge on any atom is -0.483 e. The number of carboxylic acids is 1. The first-order chi connectivity index (χ1) is 25.7. The second-order valence-electron chi connectivity index (χ2n) is 13.5. The highest BCUT2D eigenvalue weighted by molar-refractivity contribution is 7.98. The van der Waals surface area contributed by atoms with E-state index < -0.39 is 64.0 Å². The molecule has 3 aromatic carbocycles. The summed E-state index contributed by atoms with van der Waals surface area (Å²) in [6, 6.07) is 17.8. The lowest BCUT2D eigenvalue weighted by Gasteiger charge is -2.37. The number of carboxylic acid groups (broad SMARTS) is 1. The Balaban J connectivity index is 1.63. The number of nitrogens with zero attached hydrogens (tertiary/aromatic N) is 1. The van der Waals surface area contributed by atoms with Crippen molar-refractivity contribution in [3.8, 4) is 5.75 Å². The van der Waals surface area contributed by atoms with E-state index in [1.165, 1.54) is 31.7 Å². The molecule has 0 saturated heterocycles. The lowest BCUT2D eigenvalue weighted by Crippen LogP contribution is -2.53. The number of ether oxygens (including phenoxy) is 1. The Morgan fingerprint density at radius 1 is 0.889 bits per heavy atom. The third kappa shape index (κ3) is 10.8. The van der Waals surface area contributed by atoms with Crippen molar-refractivity contribution in [3.05, 3.63) is 78.4 Å². The van der Waals surface area contributed by atoms with Crippen LogP contribution in [-0.4, -0.2) is 74.2 Å². The highest BCUT2D eigenvalue weighted by atomic mass is 32.2. The average molecular weight is 782 g/mol. The lowest BCUT2D eigenvalue weighted by atomic mass is 9.87. The number of sulfonamides is 1. The van der Waals surface area contributed by atoms with Gasteiger partial charge in [-0.2, -0.15) is 0 Å². The van der Waals surface area contributed by atoms with Gasteiger partial charge < -0.3 is 30.7 Å². The zero-order valence-corrected chi connectivity index (χ0v) is 33.0. The maximum Gasteiger partial charge on any atom is 0.325 e. The van der Waals surface area contributed by atoms with Gasteiger partial charge >= 0.3 is 5.97 Å². The Hall–Kier alpha value is -4.60. The van der Waals surface area contributed by atoms with E-state index in [0.717, 1.165) is 31.4 Å². The van der Waals surface area contributed by atoms with E-state index in [2.05, 4.69) is 39.4 Å². The Morgan fingerprint density at radius 2 is 1.48 bits per heavy atom. The number of fused-ring (bicyclic) bond motifs is 1. The number of carbonyl (C=O) groups is 4. The number of unbranched alkanes of at least 4 members (excludes halogenated alkanes) is 2. The molecule has 0 bridgehead atoms. The number of rotatable bonds is 18. The number of benzene rings is 3. The van der Waals surface area contributed by atoms with Gasteiger partial charge in [0, 0.05) is 18.3 Å². The molecule has 4 rings (SSSR count). The fraction of sp³-hybridized carbons (Fsp3) is 0.436. The highest BCUT2D eigenvalue weighted by Gasteiger charge is 2.42. The maximum absolute atomic E-state index is 14.3. The quantitative estimate of drug-likeness (QED) is 0.106. The number of para-hydroxylation sites is 1. The maximum atomic E-state index is 14.3. The van der Waals surface area contributed by atoms with Crippen LogP contribution in [0.5, 0.6) is 5.75 Å². The summed E-state index contributed by atoms with van der Waals surface area (Å²) in [5, 5.41) is 16.6. The number of hydrogen-bond acceptors (Lipinski definition) is 9. The summed E-state index contributed by atoms with van der Waals surface area (Å²) in [6.45, 7) is 6.76. The predicted molar refractivity (Wildman–Crippen MR) is 209 cm³/mol. The molecule has 0 aliphatic carbocycles. The number of amides is 3. The molecule has 0 unspecified atom stereocenters. The zero-order valence-electron chi connectivity index (χ0n) is 31.4. The first-order valence-electron chi connectivity index (χ1n) is 18.1. The molecule has 15 heteroatoms. The van der Waals surface area contributed by atoms with E-state index >= 15 is 0 Å². The van der Waals surface area contributed by atoms with Crippen LogP contribution in [0.15, 0.2) is 82.6 Å². The summed E-state index contributed by atoms with van der Waals surface area (Å²) < 4.78 is 37.8. The molecule has 0 fully saturated rings. The summed E-state index contributed by atoms with van der Waals surface area (Å²) >= 11 is 1.35. The Morgan fingerprint density at radius 3 is 2.06 bits per heavy atom. The van der Waals surface area contributed by atoms with Gasteiger partial charge in [-0.3, -0.25) is 19.2 Å². The van der Waals surface area contributed by atoms with Gasteiger partial charge in [0.25, 0.3) is 5.91 Å². The molecule has 5 N–H and O–H groups in total. The van der Waals surface area contributed by atoms with Gasteiger partial charge in [-0.15, -0.1) is 11.8 Å². The first-order valence-corrected chi connectivity index (χ1v) is 20.8. The zero-order chi connectivity index (χ0) is 39.5. The molecule has 3 amide bonds. The second-order valence-corrected chi connectivity index (χ2v) is 16.0. The monoisotopic (exact) mass is 781 g/mol. The Kier molecular flexibility index (Phi) is 14.9. The molecule has 0 saturated carbocycles. The Labute approximate surface area is 322 Å². The minimum atomic E-state index is -4.07. The molecule has 0 radical (unpaired) electrons. The summed E-state index contributed by atoms with van der Waals surface area (Å²) in [5.74, 6) is -3.14. The van der Waals surface area contributed by atoms with Crippen molar-refractivity contribution < 1.29 is 37.4 Å². The molecule has 3 aromatic rings. The highest BCUT2D eigenvalue weighted by Crippen LogP contribution is 2.44. The summed E-state index contributed by atoms with van der Waals surface area (Å²) in [5.41, 5.74) is 1.06. The predicted octanol–water partition coefficient (Wildman–Crippen LogP) is 5.29. The third-order valence-corrected chi connectivity index (χ3v) is 11.6. The van der Waals surface area contributed by atoms with E-state index in [1.54, 1.807) is 36.4 Å². The number of aliphatic carboxylic acids is 1. The smallest absolute Gasteiger partial charge is 0.325 e. The summed E-state index contributed by atoms with van der Waals surface area (Å²) in [7, 11) is -4.07. The van der Waals surface area contributed by atoms with Crippen molar-refractivity contribution in [2.75, 3.05) is 24.3 Å². The van der Waals surface area contributed by atoms with Crippen molar-refractivity contribution in [3.63, 3.8) is 0 Å². The first kappa shape index (κ1) is 42.1. The molecule has 0 spiro atoms. The third-order valence-electron chi connectivity index (χ3n) is 9.26. The number of thioether (sulfide) groups is 1. The lowest BCUT2D eigenvalue weighted by molar-refractivity contribution is -0.141.